The minimum absolute atomic E-state index is 0.132. The van der Waals surface area contributed by atoms with Crippen LogP contribution in [0.5, 0.6) is 0 Å². The largest absolute Gasteiger partial charge is 0.388 e. The first-order valence-electron chi connectivity index (χ1n) is 7.80. The van der Waals surface area contributed by atoms with E-state index >= 15 is 0 Å². The highest BCUT2D eigenvalue weighted by atomic mass is 19.1. The molecule has 1 aromatic heterocycles. The van der Waals surface area contributed by atoms with Crippen molar-refractivity contribution in [2.75, 3.05) is 5.32 Å². The number of hydrogen-bond acceptors (Lipinski definition) is 3. The molecule has 3 rings (SSSR count). The fourth-order valence-corrected chi connectivity index (χ4v) is 2.71. The summed E-state index contributed by atoms with van der Waals surface area (Å²) in [5, 5.41) is 17.2. The van der Waals surface area contributed by atoms with Gasteiger partial charge in [-0.05, 0) is 30.5 Å². The molecule has 0 bridgehead atoms. The Bertz CT molecular complexity index is 710. The van der Waals surface area contributed by atoms with Crippen LogP contribution in [0, 0.1) is 5.82 Å². The molecule has 1 aliphatic carbocycles. The maximum Gasteiger partial charge on any atom is 0.228 e. The Morgan fingerprint density at radius 2 is 2.26 bits per heavy atom. The Morgan fingerprint density at radius 3 is 2.91 bits per heavy atom. The van der Waals surface area contributed by atoms with Crippen molar-refractivity contribution in [2.24, 2.45) is 7.05 Å². The van der Waals surface area contributed by atoms with Crippen LogP contribution in [-0.4, -0.2) is 20.8 Å². The lowest BCUT2D eigenvalue weighted by Crippen LogP contribution is -2.17. The van der Waals surface area contributed by atoms with Crippen LogP contribution in [0.4, 0.5) is 10.2 Å². The zero-order valence-electron chi connectivity index (χ0n) is 13.0. The van der Waals surface area contributed by atoms with Gasteiger partial charge in [-0.3, -0.25) is 9.48 Å². The number of benzene rings is 1. The predicted octanol–water partition coefficient (Wildman–Crippen LogP) is 2.89. The standard InChI is InChI=1S/C17H20FN3O2/c1-21-16(9-14(20-21)11-4-2-5-11)19-17(23)10-15(22)12-6-3-7-13(18)8-12/h3,6-9,11,15,22H,2,4-5,10H2,1H3,(H,19,23). The Balaban J connectivity index is 1.61. The summed E-state index contributed by atoms with van der Waals surface area (Å²) in [6.07, 6.45) is 2.34. The number of aliphatic hydroxyl groups excluding tert-OH is 1. The monoisotopic (exact) mass is 317 g/mol. The quantitative estimate of drug-likeness (QED) is 0.891. The number of carbonyl (C=O) groups excluding carboxylic acids is 1. The summed E-state index contributed by atoms with van der Waals surface area (Å²) in [6, 6.07) is 7.53. The fourth-order valence-electron chi connectivity index (χ4n) is 2.71. The molecule has 2 N–H and O–H groups in total. The van der Waals surface area contributed by atoms with E-state index in [1.165, 1.54) is 24.6 Å². The lowest BCUT2D eigenvalue weighted by molar-refractivity contribution is -0.118. The van der Waals surface area contributed by atoms with Gasteiger partial charge in [0.15, 0.2) is 0 Å². The van der Waals surface area contributed by atoms with Gasteiger partial charge in [-0.2, -0.15) is 5.10 Å². The molecule has 1 atom stereocenters. The first kappa shape index (κ1) is 15.7. The van der Waals surface area contributed by atoms with Gasteiger partial charge in [0.25, 0.3) is 0 Å². The van der Waals surface area contributed by atoms with Crippen molar-refractivity contribution in [3.63, 3.8) is 0 Å². The van der Waals surface area contributed by atoms with Crippen LogP contribution >= 0.6 is 0 Å². The number of hydrogen-bond donors (Lipinski definition) is 2. The van der Waals surface area contributed by atoms with E-state index in [4.69, 9.17) is 0 Å². The summed E-state index contributed by atoms with van der Waals surface area (Å²) in [6.45, 7) is 0. The number of rotatable bonds is 5. The molecule has 1 saturated carbocycles. The molecular formula is C17H20FN3O2. The zero-order valence-corrected chi connectivity index (χ0v) is 13.0. The summed E-state index contributed by atoms with van der Waals surface area (Å²) < 4.78 is 14.8. The van der Waals surface area contributed by atoms with Crippen LogP contribution in [0.3, 0.4) is 0 Å². The van der Waals surface area contributed by atoms with Crippen LogP contribution in [-0.2, 0) is 11.8 Å². The Morgan fingerprint density at radius 1 is 1.48 bits per heavy atom. The first-order valence-corrected chi connectivity index (χ1v) is 7.80. The molecule has 122 valence electrons. The maximum atomic E-state index is 13.2. The SMILES string of the molecule is Cn1nc(C2CCC2)cc1NC(=O)CC(O)c1cccc(F)c1. The highest BCUT2D eigenvalue weighted by molar-refractivity contribution is 5.90. The Kier molecular flexibility index (Phi) is 4.43. The van der Waals surface area contributed by atoms with Gasteiger partial charge in [0, 0.05) is 19.0 Å². The van der Waals surface area contributed by atoms with Crippen LogP contribution in [0.1, 0.15) is 49.0 Å². The predicted molar refractivity (Wildman–Crippen MR) is 84.4 cm³/mol. The third kappa shape index (κ3) is 3.59. The number of amides is 1. The van der Waals surface area contributed by atoms with Crippen molar-refractivity contribution in [1.29, 1.82) is 0 Å². The van der Waals surface area contributed by atoms with E-state index in [-0.39, 0.29) is 12.3 Å². The third-order valence-corrected chi connectivity index (χ3v) is 4.30. The molecule has 1 amide bonds. The van der Waals surface area contributed by atoms with Crippen molar-refractivity contribution >= 4 is 11.7 Å². The smallest absolute Gasteiger partial charge is 0.228 e. The third-order valence-electron chi connectivity index (χ3n) is 4.30. The number of nitrogens with zero attached hydrogens (tertiary/aromatic N) is 2. The molecule has 0 radical (unpaired) electrons. The minimum atomic E-state index is -1.04. The van der Waals surface area contributed by atoms with E-state index in [2.05, 4.69) is 10.4 Å². The van der Waals surface area contributed by atoms with Crippen molar-refractivity contribution < 1.29 is 14.3 Å². The van der Waals surface area contributed by atoms with Crippen molar-refractivity contribution in [1.82, 2.24) is 9.78 Å². The number of halogens is 1. The van der Waals surface area contributed by atoms with Gasteiger partial charge in [-0.25, -0.2) is 4.39 Å². The average molecular weight is 317 g/mol. The van der Waals surface area contributed by atoms with Gasteiger partial charge in [0.2, 0.25) is 5.91 Å². The van der Waals surface area contributed by atoms with Crippen molar-refractivity contribution in [3.05, 3.63) is 47.4 Å². The van der Waals surface area contributed by atoms with Crippen molar-refractivity contribution in [3.8, 4) is 0 Å². The van der Waals surface area contributed by atoms with E-state index in [1.54, 1.807) is 17.8 Å². The minimum Gasteiger partial charge on any atom is -0.388 e. The summed E-state index contributed by atoms with van der Waals surface area (Å²) >= 11 is 0. The van der Waals surface area contributed by atoms with Gasteiger partial charge in [-0.1, -0.05) is 18.6 Å². The number of aryl methyl sites for hydroxylation is 1. The molecule has 2 aromatic rings. The van der Waals surface area contributed by atoms with E-state index in [9.17, 15) is 14.3 Å². The molecule has 1 heterocycles. The number of aliphatic hydroxyl groups is 1. The zero-order chi connectivity index (χ0) is 16.4. The topological polar surface area (TPSA) is 67.2 Å². The Labute approximate surface area is 134 Å². The molecule has 6 heteroatoms. The lowest BCUT2D eigenvalue weighted by Gasteiger charge is -2.22. The number of aromatic nitrogens is 2. The van der Waals surface area contributed by atoms with Gasteiger partial charge in [0.05, 0.1) is 18.2 Å². The summed E-state index contributed by atoms with van der Waals surface area (Å²) in [5.74, 6) is 0.344. The first-order chi connectivity index (χ1) is 11.0. The van der Waals surface area contributed by atoms with Gasteiger partial charge in [0.1, 0.15) is 11.6 Å². The van der Waals surface area contributed by atoms with E-state index in [0.717, 1.165) is 18.5 Å². The molecule has 1 aromatic carbocycles. The lowest BCUT2D eigenvalue weighted by atomic mass is 9.83. The van der Waals surface area contributed by atoms with Crippen molar-refractivity contribution in [2.45, 2.75) is 37.7 Å². The number of anilines is 1. The van der Waals surface area contributed by atoms with Crippen LogP contribution < -0.4 is 5.32 Å². The second-order valence-electron chi connectivity index (χ2n) is 6.03. The second-order valence-corrected chi connectivity index (χ2v) is 6.03. The van der Waals surface area contributed by atoms with E-state index < -0.39 is 11.9 Å². The molecular weight excluding hydrogens is 297 g/mol. The van der Waals surface area contributed by atoms with E-state index in [1.807, 2.05) is 6.07 Å². The van der Waals surface area contributed by atoms with Gasteiger partial charge in [-0.15, -0.1) is 0 Å². The fraction of sp³-hybridized carbons (Fsp3) is 0.412. The summed E-state index contributed by atoms with van der Waals surface area (Å²) in [4.78, 5) is 12.1. The molecule has 1 aliphatic rings. The second kappa shape index (κ2) is 6.50. The van der Waals surface area contributed by atoms with Crippen LogP contribution in [0.15, 0.2) is 30.3 Å². The molecule has 1 unspecified atom stereocenters. The highest BCUT2D eigenvalue weighted by Gasteiger charge is 2.23. The normalized spacial score (nSPS) is 16.0. The summed E-state index contributed by atoms with van der Waals surface area (Å²) in [5.41, 5.74) is 1.39. The molecule has 0 aliphatic heterocycles. The Hall–Kier alpha value is -2.21. The summed E-state index contributed by atoms with van der Waals surface area (Å²) in [7, 11) is 1.78. The maximum absolute atomic E-state index is 13.2. The highest BCUT2D eigenvalue weighted by Crippen LogP contribution is 2.36. The van der Waals surface area contributed by atoms with Gasteiger partial charge < -0.3 is 10.4 Å². The molecule has 1 fully saturated rings. The molecule has 0 saturated heterocycles. The number of carbonyl (C=O) groups is 1. The van der Waals surface area contributed by atoms with E-state index in [0.29, 0.717) is 17.3 Å². The average Bonchev–Trinajstić information content (AvgIpc) is 2.77. The van der Waals surface area contributed by atoms with Crippen LogP contribution in [0.25, 0.3) is 0 Å². The molecule has 5 nitrogen and oxygen atoms in total. The van der Waals surface area contributed by atoms with Crippen LogP contribution in [0.2, 0.25) is 0 Å². The molecule has 23 heavy (non-hydrogen) atoms. The number of nitrogens with one attached hydrogen (secondary N) is 1. The molecule has 0 spiro atoms. The van der Waals surface area contributed by atoms with Gasteiger partial charge >= 0.3 is 0 Å².